The highest BCUT2D eigenvalue weighted by atomic mass is 35.5. The molecule has 0 aliphatic heterocycles. The highest BCUT2D eigenvalue weighted by Crippen LogP contribution is 2.30. The molecule has 1 rings (SSSR count). The second kappa shape index (κ2) is 7.30. The van der Waals surface area contributed by atoms with E-state index in [1.54, 1.807) is 12.1 Å². The Bertz CT molecular complexity index is 291. The summed E-state index contributed by atoms with van der Waals surface area (Å²) in [4.78, 5) is 0. The zero-order valence-corrected chi connectivity index (χ0v) is 10.7. The first-order valence-corrected chi connectivity index (χ1v) is 4.39. The van der Waals surface area contributed by atoms with Crippen LogP contribution in [0.1, 0.15) is 6.92 Å². The Labute approximate surface area is 106 Å². The summed E-state index contributed by atoms with van der Waals surface area (Å²) >= 11 is 11.5. The summed E-state index contributed by atoms with van der Waals surface area (Å²) in [5.74, 6) is 0. The summed E-state index contributed by atoms with van der Waals surface area (Å²) in [5.41, 5.74) is 7.11. The zero-order chi connectivity index (χ0) is 9.14. The molecule has 2 nitrogen and oxygen atoms in total. The summed E-state index contributed by atoms with van der Waals surface area (Å²) in [6.07, 6.45) is 0. The molecule has 0 aliphatic carbocycles. The molecule has 3 N–H and O–H groups in total. The lowest BCUT2D eigenvalue weighted by atomic mass is 10.2. The zero-order valence-electron chi connectivity index (χ0n) is 7.51. The van der Waals surface area contributed by atoms with Crippen LogP contribution in [0.4, 0.5) is 11.4 Å². The van der Waals surface area contributed by atoms with Crippen LogP contribution >= 0.6 is 48.0 Å². The van der Waals surface area contributed by atoms with Crippen molar-refractivity contribution < 1.29 is 0 Å². The van der Waals surface area contributed by atoms with Crippen LogP contribution in [0.2, 0.25) is 10.0 Å². The number of halogens is 4. The molecule has 0 bridgehead atoms. The van der Waals surface area contributed by atoms with Gasteiger partial charge in [-0.15, -0.1) is 24.8 Å². The molecule has 0 saturated carbocycles. The third kappa shape index (κ3) is 4.01. The van der Waals surface area contributed by atoms with Gasteiger partial charge in [-0.2, -0.15) is 0 Å². The third-order valence-electron chi connectivity index (χ3n) is 1.46. The summed E-state index contributed by atoms with van der Waals surface area (Å²) in [6, 6.07) is 3.37. The van der Waals surface area contributed by atoms with Crippen LogP contribution in [0.5, 0.6) is 0 Å². The van der Waals surface area contributed by atoms with Crippen molar-refractivity contribution in [1.29, 1.82) is 0 Å². The van der Waals surface area contributed by atoms with E-state index in [9.17, 15) is 0 Å². The van der Waals surface area contributed by atoms with Crippen molar-refractivity contribution in [2.75, 3.05) is 17.6 Å². The average molecular weight is 278 g/mol. The quantitative estimate of drug-likeness (QED) is 0.806. The van der Waals surface area contributed by atoms with Gasteiger partial charge in [-0.3, -0.25) is 0 Å². The molecule has 6 heteroatoms. The Morgan fingerprint density at radius 3 is 2.21 bits per heavy atom. The van der Waals surface area contributed by atoms with E-state index in [-0.39, 0.29) is 24.8 Å². The van der Waals surface area contributed by atoms with Crippen LogP contribution in [-0.2, 0) is 0 Å². The standard InChI is InChI=1S/C8H10Cl2N2.2ClH/c1-2-12-8-4-6(10)5(9)3-7(8)11;;/h3-4,12H,2,11H2,1H3;2*1H. The van der Waals surface area contributed by atoms with Gasteiger partial charge in [0.25, 0.3) is 0 Å². The van der Waals surface area contributed by atoms with Gasteiger partial charge >= 0.3 is 0 Å². The van der Waals surface area contributed by atoms with E-state index in [1.807, 2.05) is 6.92 Å². The minimum atomic E-state index is 0. The van der Waals surface area contributed by atoms with Crippen LogP contribution < -0.4 is 11.1 Å². The Morgan fingerprint density at radius 1 is 1.21 bits per heavy atom. The monoisotopic (exact) mass is 276 g/mol. The first kappa shape index (κ1) is 16.4. The number of hydrogen-bond acceptors (Lipinski definition) is 2. The maximum Gasteiger partial charge on any atom is 0.0614 e. The van der Waals surface area contributed by atoms with Crippen LogP contribution in [0.15, 0.2) is 12.1 Å². The SMILES string of the molecule is CCNc1cc(Cl)c(Cl)cc1N.Cl.Cl. The second-order valence-electron chi connectivity index (χ2n) is 2.38. The van der Waals surface area contributed by atoms with E-state index >= 15 is 0 Å². The maximum absolute atomic E-state index is 5.79. The fourth-order valence-corrected chi connectivity index (χ4v) is 1.24. The van der Waals surface area contributed by atoms with Crippen molar-refractivity contribution in [3.05, 3.63) is 22.2 Å². The highest BCUT2D eigenvalue weighted by molar-refractivity contribution is 6.42. The normalized spacial score (nSPS) is 8.50. The van der Waals surface area contributed by atoms with E-state index in [4.69, 9.17) is 28.9 Å². The van der Waals surface area contributed by atoms with Gasteiger partial charge in [-0.25, -0.2) is 0 Å². The van der Waals surface area contributed by atoms with E-state index in [0.717, 1.165) is 12.2 Å². The van der Waals surface area contributed by atoms with E-state index in [2.05, 4.69) is 5.32 Å². The predicted octanol–water partition coefficient (Wildman–Crippen LogP) is 3.85. The first-order valence-electron chi connectivity index (χ1n) is 3.63. The molecule has 0 spiro atoms. The number of hydrogen-bond donors (Lipinski definition) is 2. The molecule has 82 valence electrons. The van der Waals surface area contributed by atoms with Gasteiger partial charge in [-0.05, 0) is 19.1 Å². The van der Waals surface area contributed by atoms with Crippen LogP contribution in [0.3, 0.4) is 0 Å². The summed E-state index contributed by atoms with van der Waals surface area (Å²) in [6.45, 7) is 2.80. The molecule has 14 heavy (non-hydrogen) atoms. The Balaban J connectivity index is 0. The Morgan fingerprint density at radius 2 is 1.71 bits per heavy atom. The smallest absolute Gasteiger partial charge is 0.0614 e. The topological polar surface area (TPSA) is 38.0 Å². The van der Waals surface area contributed by atoms with Crippen LogP contribution in [-0.4, -0.2) is 6.54 Å². The molecule has 0 aliphatic rings. The van der Waals surface area contributed by atoms with Crippen LogP contribution in [0, 0.1) is 0 Å². The van der Waals surface area contributed by atoms with Crippen molar-refractivity contribution in [3.8, 4) is 0 Å². The molecule has 0 radical (unpaired) electrons. The molecule has 0 atom stereocenters. The molecule has 1 aromatic rings. The van der Waals surface area contributed by atoms with Gasteiger partial charge in [-0.1, -0.05) is 23.2 Å². The van der Waals surface area contributed by atoms with E-state index < -0.39 is 0 Å². The van der Waals surface area contributed by atoms with Gasteiger partial charge in [0.15, 0.2) is 0 Å². The van der Waals surface area contributed by atoms with E-state index in [1.165, 1.54) is 0 Å². The van der Waals surface area contributed by atoms with Crippen molar-refractivity contribution in [3.63, 3.8) is 0 Å². The number of rotatable bonds is 2. The average Bonchev–Trinajstić information content (AvgIpc) is 2.01. The predicted molar refractivity (Wildman–Crippen MR) is 69.5 cm³/mol. The molecule has 0 amide bonds. The fourth-order valence-electron chi connectivity index (χ4n) is 0.906. The van der Waals surface area contributed by atoms with Crippen molar-refractivity contribution >= 4 is 59.4 Å². The minimum absolute atomic E-state index is 0. The van der Waals surface area contributed by atoms with Gasteiger partial charge in [0.2, 0.25) is 0 Å². The molecule has 0 saturated heterocycles. The van der Waals surface area contributed by atoms with Crippen molar-refractivity contribution in [2.45, 2.75) is 6.92 Å². The lowest BCUT2D eigenvalue weighted by Crippen LogP contribution is -2.00. The molecular weight excluding hydrogens is 266 g/mol. The number of nitrogen functional groups attached to an aromatic ring is 1. The lowest BCUT2D eigenvalue weighted by Gasteiger charge is -2.08. The Hall–Kier alpha value is -0.0200. The van der Waals surface area contributed by atoms with Crippen molar-refractivity contribution in [1.82, 2.24) is 0 Å². The molecule has 0 unspecified atom stereocenters. The molecule has 1 aromatic carbocycles. The number of nitrogens with two attached hydrogens (primary N) is 1. The number of anilines is 2. The number of nitrogens with one attached hydrogen (secondary N) is 1. The van der Waals surface area contributed by atoms with Gasteiger partial charge in [0, 0.05) is 6.54 Å². The summed E-state index contributed by atoms with van der Waals surface area (Å²) < 4.78 is 0. The lowest BCUT2D eigenvalue weighted by molar-refractivity contribution is 1.21. The van der Waals surface area contributed by atoms with Crippen LogP contribution in [0.25, 0.3) is 0 Å². The van der Waals surface area contributed by atoms with Gasteiger partial charge in [0.05, 0.1) is 21.4 Å². The second-order valence-corrected chi connectivity index (χ2v) is 3.20. The summed E-state index contributed by atoms with van der Waals surface area (Å²) in [7, 11) is 0. The van der Waals surface area contributed by atoms with Gasteiger partial charge < -0.3 is 11.1 Å². The largest absolute Gasteiger partial charge is 0.397 e. The first-order chi connectivity index (χ1) is 5.65. The minimum Gasteiger partial charge on any atom is -0.397 e. The van der Waals surface area contributed by atoms with E-state index in [0.29, 0.717) is 15.7 Å². The highest BCUT2D eigenvalue weighted by Gasteiger charge is 2.02. The number of benzene rings is 1. The summed E-state index contributed by atoms with van der Waals surface area (Å²) in [5, 5.41) is 4.07. The van der Waals surface area contributed by atoms with Crippen molar-refractivity contribution in [2.24, 2.45) is 0 Å². The molecule has 0 aromatic heterocycles. The molecule has 0 fully saturated rings. The maximum atomic E-state index is 5.79. The third-order valence-corrected chi connectivity index (χ3v) is 2.18. The Kier molecular flexibility index (Phi) is 8.55. The van der Waals surface area contributed by atoms with Gasteiger partial charge in [0.1, 0.15) is 0 Å². The fraction of sp³-hybridized carbons (Fsp3) is 0.250. The molecular formula is C8H12Cl4N2. The molecule has 0 heterocycles.